The maximum Gasteiger partial charge on any atom is 0.407 e. The summed E-state index contributed by atoms with van der Waals surface area (Å²) >= 11 is 0. The first-order valence-electron chi connectivity index (χ1n) is 17.6. The summed E-state index contributed by atoms with van der Waals surface area (Å²) in [6.45, 7) is 10.3. The molecular formula is C37H48N8O7. The van der Waals surface area contributed by atoms with Crippen molar-refractivity contribution in [3.8, 4) is 5.69 Å². The van der Waals surface area contributed by atoms with E-state index in [9.17, 15) is 24.0 Å². The minimum Gasteiger partial charge on any atom is -0.465 e. The predicted octanol–water partition coefficient (Wildman–Crippen LogP) is 3.87. The van der Waals surface area contributed by atoms with Crippen molar-refractivity contribution in [1.29, 1.82) is 0 Å². The van der Waals surface area contributed by atoms with E-state index in [4.69, 9.17) is 9.84 Å². The van der Waals surface area contributed by atoms with Gasteiger partial charge in [0, 0.05) is 44.5 Å². The number of carbonyl (C=O) groups excluding carboxylic acids is 3. The molecule has 5 rings (SSSR count). The molecule has 0 unspecified atom stereocenters. The molecule has 0 spiro atoms. The maximum atomic E-state index is 13.0. The van der Waals surface area contributed by atoms with Gasteiger partial charge in [0.25, 0.3) is 0 Å². The number of hydrogen-bond donors (Lipinski definition) is 4. The standard InChI is InChI=1S/C37H48N8O7/c1-25-22-43(20-21-44(25)32(46)37(3,4)41-35(49)50)33(47)39-31-16-19-45(34(48)40-31)30-12-10-27(11-13-30)23-42-17-14-29(15-18-42)26(2)38-36(51)52-24-28-8-6-5-7-9-28/h5-13,16,19,25-26,29,41H,14-15,17-18,20-24H2,1-4H3,(H,38,51)(H,49,50)(H,39,40,47,48)/t25-,26+/m1/s1. The summed E-state index contributed by atoms with van der Waals surface area (Å²) in [5.74, 6) is 0.0972. The van der Waals surface area contributed by atoms with Crippen LogP contribution in [0.1, 0.15) is 51.7 Å². The normalized spacial score (nSPS) is 17.6. The number of benzene rings is 2. The molecule has 4 N–H and O–H groups in total. The highest BCUT2D eigenvalue weighted by molar-refractivity contribution is 5.90. The lowest BCUT2D eigenvalue weighted by Gasteiger charge is -2.42. The van der Waals surface area contributed by atoms with Crippen LogP contribution in [0.4, 0.5) is 20.2 Å². The fourth-order valence-corrected chi connectivity index (χ4v) is 6.68. The van der Waals surface area contributed by atoms with E-state index in [1.165, 1.54) is 23.3 Å². The van der Waals surface area contributed by atoms with Crippen molar-refractivity contribution in [3.63, 3.8) is 0 Å². The average Bonchev–Trinajstić information content (AvgIpc) is 3.11. The van der Waals surface area contributed by atoms with Crippen molar-refractivity contribution in [2.75, 3.05) is 38.0 Å². The summed E-state index contributed by atoms with van der Waals surface area (Å²) < 4.78 is 6.79. The van der Waals surface area contributed by atoms with Crippen LogP contribution in [-0.2, 0) is 22.7 Å². The van der Waals surface area contributed by atoms with Crippen LogP contribution in [0.15, 0.2) is 71.7 Å². The molecule has 0 bridgehead atoms. The number of carbonyl (C=O) groups is 4. The highest BCUT2D eigenvalue weighted by Crippen LogP contribution is 2.23. The van der Waals surface area contributed by atoms with Gasteiger partial charge in [-0.15, -0.1) is 0 Å². The number of hydrogen-bond acceptors (Lipinski definition) is 8. The van der Waals surface area contributed by atoms with E-state index in [0.29, 0.717) is 11.6 Å². The third-order valence-electron chi connectivity index (χ3n) is 9.69. The highest BCUT2D eigenvalue weighted by Gasteiger charge is 2.38. The number of aromatic nitrogens is 2. The van der Waals surface area contributed by atoms with Crippen molar-refractivity contribution in [2.45, 2.75) is 71.3 Å². The Morgan fingerprint density at radius 1 is 0.962 bits per heavy atom. The van der Waals surface area contributed by atoms with Crippen molar-refractivity contribution in [2.24, 2.45) is 5.92 Å². The fraction of sp³-hybridized carbons (Fsp3) is 0.459. The second kappa shape index (κ2) is 16.7. The van der Waals surface area contributed by atoms with Gasteiger partial charge >= 0.3 is 23.9 Å². The Bertz CT molecular complexity index is 1770. The van der Waals surface area contributed by atoms with Crippen molar-refractivity contribution >= 4 is 29.9 Å². The number of piperidine rings is 1. The summed E-state index contributed by atoms with van der Waals surface area (Å²) in [6, 6.07) is 18.1. The van der Waals surface area contributed by atoms with Crippen LogP contribution in [-0.4, -0.2) is 104 Å². The van der Waals surface area contributed by atoms with Crippen LogP contribution < -0.4 is 21.6 Å². The van der Waals surface area contributed by atoms with Gasteiger partial charge in [-0.3, -0.25) is 19.6 Å². The van der Waals surface area contributed by atoms with E-state index < -0.39 is 29.4 Å². The van der Waals surface area contributed by atoms with Crippen LogP contribution >= 0.6 is 0 Å². The molecule has 15 heteroatoms. The molecule has 2 aliphatic heterocycles. The molecule has 0 aliphatic carbocycles. The predicted molar refractivity (Wildman–Crippen MR) is 194 cm³/mol. The van der Waals surface area contributed by atoms with Gasteiger partial charge in [-0.2, -0.15) is 4.98 Å². The Kier molecular flexibility index (Phi) is 12.2. The highest BCUT2D eigenvalue weighted by atomic mass is 16.5. The number of urea groups is 1. The number of rotatable bonds is 10. The molecule has 3 aromatic rings. The first-order valence-corrected chi connectivity index (χ1v) is 17.6. The fourth-order valence-electron chi connectivity index (χ4n) is 6.68. The van der Waals surface area contributed by atoms with Gasteiger partial charge in [-0.1, -0.05) is 42.5 Å². The minimum atomic E-state index is -1.31. The van der Waals surface area contributed by atoms with Crippen molar-refractivity contribution in [1.82, 2.24) is 34.9 Å². The number of carboxylic acid groups (broad SMARTS) is 1. The lowest BCUT2D eigenvalue weighted by Crippen LogP contribution is -2.63. The molecule has 5 amide bonds. The summed E-state index contributed by atoms with van der Waals surface area (Å²) in [6.07, 6.45) is 1.79. The number of anilines is 1. The van der Waals surface area contributed by atoms with Gasteiger partial charge in [-0.05, 0) is 88.9 Å². The monoisotopic (exact) mass is 716 g/mol. The maximum absolute atomic E-state index is 13.0. The zero-order valence-electron chi connectivity index (χ0n) is 30.1. The van der Waals surface area contributed by atoms with E-state index >= 15 is 0 Å². The lowest BCUT2D eigenvalue weighted by molar-refractivity contribution is -0.140. The molecular weight excluding hydrogens is 668 g/mol. The van der Waals surface area contributed by atoms with Gasteiger partial charge in [0.15, 0.2) is 0 Å². The van der Waals surface area contributed by atoms with E-state index in [-0.39, 0.29) is 50.0 Å². The molecule has 52 heavy (non-hydrogen) atoms. The second-order valence-corrected chi connectivity index (χ2v) is 14.0. The molecule has 2 aromatic carbocycles. The second-order valence-electron chi connectivity index (χ2n) is 14.0. The van der Waals surface area contributed by atoms with E-state index in [1.807, 2.05) is 61.5 Å². The van der Waals surface area contributed by atoms with Gasteiger partial charge < -0.3 is 30.3 Å². The SMILES string of the molecule is C[C@H](NC(=O)OCc1ccccc1)C1CCN(Cc2ccc(-n3ccc(NC(=O)N4CCN(C(=O)C(C)(C)NC(=O)O)[C@H](C)C4)nc3=O)cc2)CC1. The number of alkyl carbamates (subject to hydrolysis) is 1. The number of amides is 5. The van der Waals surface area contributed by atoms with Crippen molar-refractivity contribution in [3.05, 3.63) is 88.5 Å². The van der Waals surface area contributed by atoms with Crippen LogP contribution in [0, 0.1) is 5.92 Å². The Morgan fingerprint density at radius 2 is 1.65 bits per heavy atom. The summed E-state index contributed by atoms with van der Waals surface area (Å²) in [7, 11) is 0. The Morgan fingerprint density at radius 3 is 2.29 bits per heavy atom. The molecule has 15 nitrogen and oxygen atoms in total. The van der Waals surface area contributed by atoms with Crippen LogP contribution in [0.3, 0.4) is 0 Å². The van der Waals surface area contributed by atoms with Gasteiger partial charge in [0.1, 0.15) is 18.0 Å². The van der Waals surface area contributed by atoms with Crippen molar-refractivity contribution < 1.29 is 29.0 Å². The smallest absolute Gasteiger partial charge is 0.407 e. The zero-order chi connectivity index (χ0) is 37.4. The quantitative estimate of drug-likeness (QED) is 0.243. The van der Waals surface area contributed by atoms with E-state index in [0.717, 1.165) is 43.6 Å². The van der Waals surface area contributed by atoms with Crippen LogP contribution in [0.5, 0.6) is 0 Å². The largest absolute Gasteiger partial charge is 0.465 e. The summed E-state index contributed by atoms with van der Waals surface area (Å²) in [5.41, 5.74) is 0.852. The number of ether oxygens (including phenoxy) is 1. The molecule has 2 fully saturated rings. The first-order chi connectivity index (χ1) is 24.8. The van der Waals surface area contributed by atoms with E-state index in [1.54, 1.807) is 24.1 Å². The molecule has 1 aromatic heterocycles. The van der Waals surface area contributed by atoms with Crippen LogP contribution in [0.2, 0.25) is 0 Å². The Balaban J connectivity index is 1.06. The third kappa shape index (κ3) is 9.87. The molecule has 2 saturated heterocycles. The first kappa shape index (κ1) is 37.8. The summed E-state index contributed by atoms with van der Waals surface area (Å²) in [4.78, 5) is 71.9. The van der Waals surface area contributed by atoms with E-state index in [2.05, 4.69) is 25.8 Å². The zero-order valence-corrected chi connectivity index (χ0v) is 30.1. The van der Waals surface area contributed by atoms with Gasteiger partial charge in [0.2, 0.25) is 5.91 Å². The molecule has 3 heterocycles. The summed E-state index contributed by atoms with van der Waals surface area (Å²) in [5, 5.41) is 17.0. The number of piperazine rings is 1. The third-order valence-corrected chi connectivity index (χ3v) is 9.69. The van der Waals surface area contributed by atoms with Gasteiger partial charge in [0.05, 0.1) is 5.69 Å². The number of nitrogens with zero attached hydrogens (tertiary/aromatic N) is 5. The lowest BCUT2D eigenvalue weighted by atomic mass is 9.90. The molecule has 2 aliphatic rings. The average molecular weight is 717 g/mol. The molecule has 278 valence electrons. The molecule has 0 radical (unpaired) electrons. The Hall–Kier alpha value is -5.44. The Labute approximate surface area is 302 Å². The van der Waals surface area contributed by atoms with Crippen LogP contribution in [0.25, 0.3) is 5.69 Å². The van der Waals surface area contributed by atoms with Gasteiger partial charge in [-0.25, -0.2) is 19.2 Å². The minimum absolute atomic E-state index is 0.0107. The molecule has 2 atom stereocenters. The molecule has 0 saturated carbocycles. The number of nitrogens with one attached hydrogen (secondary N) is 3. The number of likely N-dealkylation sites (tertiary alicyclic amines) is 1. The topological polar surface area (TPSA) is 178 Å².